The molecule has 0 aromatic heterocycles. The van der Waals surface area contributed by atoms with E-state index < -0.39 is 11.5 Å². The van der Waals surface area contributed by atoms with Gasteiger partial charge in [0.2, 0.25) is 6.04 Å². The van der Waals surface area contributed by atoms with Crippen molar-refractivity contribution in [1.29, 1.82) is 5.26 Å². The fourth-order valence-electron chi connectivity index (χ4n) is 9.80. The number of nitriles is 1. The van der Waals surface area contributed by atoms with E-state index in [1.54, 1.807) is 0 Å². The Morgan fingerprint density at radius 3 is 2.45 bits per heavy atom. The van der Waals surface area contributed by atoms with Gasteiger partial charge in [-0.15, -0.1) is 11.6 Å². The Balaban J connectivity index is 1.62. The fourth-order valence-corrected chi connectivity index (χ4v) is 10.2. The van der Waals surface area contributed by atoms with Gasteiger partial charge in [0.05, 0.1) is 6.07 Å². The fraction of sp³-hybridized carbons (Fsp3) is 0.964. The molecule has 4 fully saturated rings. The van der Waals surface area contributed by atoms with Crippen LogP contribution in [0.1, 0.15) is 105 Å². The van der Waals surface area contributed by atoms with E-state index in [9.17, 15) is 15.4 Å². The first-order valence-corrected chi connectivity index (χ1v) is 14.1. The summed E-state index contributed by atoms with van der Waals surface area (Å²) in [5, 5.41) is 22.7. The molecule has 0 spiro atoms. The summed E-state index contributed by atoms with van der Waals surface area (Å²) in [6, 6.07) is 1.78. The van der Waals surface area contributed by atoms with Crippen LogP contribution in [0.4, 0.5) is 0 Å². The van der Waals surface area contributed by atoms with Gasteiger partial charge >= 0.3 is 0 Å². The maximum Gasteiger partial charge on any atom is 0.232 e. The van der Waals surface area contributed by atoms with Crippen molar-refractivity contribution >= 4 is 11.6 Å². The Morgan fingerprint density at radius 1 is 1.09 bits per heavy atom. The van der Waals surface area contributed by atoms with Crippen LogP contribution in [0.2, 0.25) is 0 Å². The summed E-state index contributed by atoms with van der Waals surface area (Å²) in [6.45, 7) is 11.8. The largest absolute Gasteiger partial charge is 0.264 e. The number of nitrogens with zero attached hydrogens (tertiary/aromatic N) is 2. The number of alkyl halides is 1. The van der Waals surface area contributed by atoms with Crippen LogP contribution in [-0.4, -0.2) is 16.3 Å². The molecule has 0 aromatic rings. The Labute approximate surface area is 206 Å². The van der Waals surface area contributed by atoms with Crippen LogP contribution in [-0.2, 0) is 0 Å². The maximum atomic E-state index is 12.4. The van der Waals surface area contributed by atoms with Crippen LogP contribution in [0.25, 0.3) is 0 Å². The lowest BCUT2D eigenvalue weighted by Gasteiger charge is -2.63. The first kappa shape index (κ1) is 25.3. The van der Waals surface area contributed by atoms with Crippen LogP contribution in [0.15, 0.2) is 0 Å². The van der Waals surface area contributed by atoms with E-state index in [1.165, 1.54) is 38.5 Å². The van der Waals surface area contributed by atoms with Crippen molar-refractivity contribution in [3.8, 4) is 6.07 Å². The highest BCUT2D eigenvalue weighted by molar-refractivity contribution is 6.20. The molecule has 4 saturated carbocycles. The predicted molar refractivity (Wildman–Crippen MR) is 133 cm³/mol. The molecular weight excluding hydrogens is 432 g/mol. The van der Waals surface area contributed by atoms with Gasteiger partial charge in [0.1, 0.15) is 5.41 Å². The molecule has 0 aromatic carbocycles. The van der Waals surface area contributed by atoms with Gasteiger partial charge in [-0.05, 0) is 91.3 Å². The lowest BCUT2D eigenvalue weighted by Crippen LogP contribution is -2.65. The monoisotopic (exact) mass is 476 g/mol. The second-order valence-electron chi connectivity index (χ2n) is 13.3. The molecule has 4 aliphatic carbocycles. The number of halogens is 1. The van der Waals surface area contributed by atoms with E-state index in [1.807, 2.05) is 0 Å². The smallest absolute Gasteiger partial charge is 0.232 e. The second-order valence-corrected chi connectivity index (χ2v) is 13.9. The van der Waals surface area contributed by atoms with Crippen molar-refractivity contribution in [3.63, 3.8) is 0 Å². The third kappa shape index (κ3) is 3.84. The summed E-state index contributed by atoms with van der Waals surface area (Å²) in [4.78, 5) is 12.3. The molecule has 186 valence electrons. The Hall–Kier alpha value is -0.820. The van der Waals surface area contributed by atoms with Crippen LogP contribution in [0, 0.1) is 73.2 Å². The number of hydrogen-bond donors (Lipinski definition) is 0. The molecule has 0 N–H and O–H groups in total. The Bertz CT molecular complexity index is 795. The van der Waals surface area contributed by atoms with Crippen molar-refractivity contribution in [1.82, 2.24) is 0 Å². The average Bonchev–Trinajstić information content (AvgIpc) is 3.10. The van der Waals surface area contributed by atoms with Gasteiger partial charge in [0, 0.05) is 16.7 Å². The minimum atomic E-state index is -0.918. The van der Waals surface area contributed by atoms with Crippen molar-refractivity contribution < 1.29 is 4.92 Å². The van der Waals surface area contributed by atoms with Crippen LogP contribution < -0.4 is 0 Å². The van der Waals surface area contributed by atoms with Crippen molar-refractivity contribution in [2.45, 2.75) is 117 Å². The van der Waals surface area contributed by atoms with E-state index in [4.69, 9.17) is 11.6 Å². The Morgan fingerprint density at radius 2 is 1.82 bits per heavy atom. The zero-order valence-electron chi connectivity index (χ0n) is 21.5. The molecular formula is C28H45ClN2O2. The number of hydrogen-bond acceptors (Lipinski definition) is 3. The van der Waals surface area contributed by atoms with Gasteiger partial charge < -0.3 is 0 Å². The maximum absolute atomic E-state index is 12.4. The second kappa shape index (κ2) is 9.00. The number of rotatable bonds is 6. The van der Waals surface area contributed by atoms with Crippen molar-refractivity contribution in [2.24, 2.45) is 51.8 Å². The SMILES string of the molecule is CC(C)CCCC(C)C1CCC2C3CC([N+](=O)[O-])C4(C#N)CC(Cl)CCC4(C)C3CCC12C. The molecule has 0 amide bonds. The van der Waals surface area contributed by atoms with Crippen molar-refractivity contribution in [3.05, 3.63) is 10.1 Å². The van der Waals surface area contributed by atoms with Crippen LogP contribution in [0.5, 0.6) is 0 Å². The van der Waals surface area contributed by atoms with Gasteiger partial charge in [-0.2, -0.15) is 5.26 Å². The molecule has 4 rings (SSSR count). The molecule has 5 heteroatoms. The highest BCUT2D eigenvalue weighted by atomic mass is 35.5. The Kier molecular flexibility index (Phi) is 6.89. The van der Waals surface area contributed by atoms with E-state index in [2.05, 4.69) is 40.7 Å². The molecule has 0 radical (unpaired) electrons. The lowest BCUT2D eigenvalue weighted by atomic mass is 9.39. The van der Waals surface area contributed by atoms with Gasteiger partial charge in [0.15, 0.2) is 0 Å². The van der Waals surface area contributed by atoms with E-state index >= 15 is 0 Å². The molecule has 4 nitrogen and oxygen atoms in total. The highest BCUT2D eigenvalue weighted by Crippen LogP contribution is 2.71. The zero-order valence-corrected chi connectivity index (χ0v) is 22.2. The summed E-state index contributed by atoms with van der Waals surface area (Å²) in [7, 11) is 0. The molecule has 0 heterocycles. The summed E-state index contributed by atoms with van der Waals surface area (Å²) in [5.41, 5.74) is -0.916. The molecule has 0 saturated heterocycles. The van der Waals surface area contributed by atoms with Gasteiger partial charge in [-0.25, -0.2) is 0 Å². The van der Waals surface area contributed by atoms with E-state index in [0.717, 1.165) is 37.0 Å². The standard InChI is InChI=1S/C28H45ClN2O2/c1-18(2)7-6-8-19(3)22-9-10-23-21-15-25(31(32)33)28(17-30)16-20(29)11-14-27(28,5)24(21)12-13-26(22,23)4/h18-25H,6-16H2,1-5H3. The normalized spacial score (nSPS) is 47.8. The predicted octanol–water partition coefficient (Wildman–Crippen LogP) is 7.86. The van der Waals surface area contributed by atoms with Crippen molar-refractivity contribution in [2.75, 3.05) is 0 Å². The average molecular weight is 477 g/mol. The molecule has 0 bridgehead atoms. The molecule has 4 aliphatic rings. The zero-order chi connectivity index (χ0) is 24.2. The van der Waals surface area contributed by atoms with E-state index in [-0.39, 0.29) is 15.7 Å². The quantitative estimate of drug-likeness (QED) is 0.222. The summed E-state index contributed by atoms with van der Waals surface area (Å²) in [5.74, 6) is 3.60. The first-order chi connectivity index (χ1) is 15.5. The summed E-state index contributed by atoms with van der Waals surface area (Å²) < 4.78 is 0. The van der Waals surface area contributed by atoms with Gasteiger partial charge in [-0.1, -0.05) is 53.9 Å². The topological polar surface area (TPSA) is 66.9 Å². The molecule has 10 unspecified atom stereocenters. The van der Waals surface area contributed by atoms with Crippen LogP contribution in [0.3, 0.4) is 0 Å². The molecule has 0 aliphatic heterocycles. The summed E-state index contributed by atoms with van der Waals surface area (Å²) >= 11 is 6.56. The third-order valence-corrected chi connectivity index (χ3v) is 11.9. The van der Waals surface area contributed by atoms with Gasteiger partial charge in [-0.3, -0.25) is 10.1 Å². The number of nitro groups is 1. The first-order valence-electron chi connectivity index (χ1n) is 13.7. The lowest BCUT2D eigenvalue weighted by molar-refractivity contribution is -0.555. The third-order valence-electron chi connectivity index (χ3n) is 11.5. The highest BCUT2D eigenvalue weighted by Gasteiger charge is 2.71. The molecule has 10 atom stereocenters. The number of fused-ring (bicyclic) bond motifs is 5. The van der Waals surface area contributed by atoms with Gasteiger partial charge in [0.25, 0.3) is 0 Å². The minimum absolute atomic E-state index is 0.0977. The molecule has 33 heavy (non-hydrogen) atoms. The van der Waals surface area contributed by atoms with E-state index in [0.29, 0.717) is 36.0 Å². The summed E-state index contributed by atoms with van der Waals surface area (Å²) in [6.07, 6.45) is 11.6. The minimum Gasteiger partial charge on any atom is -0.264 e. The van der Waals surface area contributed by atoms with Crippen LogP contribution >= 0.6 is 11.6 Å².